The monoisotopic (exact) mass is 900 g/mol. The van der Waals surface area contributed by atoms with E-state index in [0.29, 0.717) is 0 Å². The van der Waals surface area contributed by atoms with E-state index in [-0.39, 0.29) is 0 Å². The lowest BCUT2D eigenvalue weighted by molar-refractivity contribution is 1.24. The van der Waals surface area contributed by atoms with E-state index in [1.807, 2.05) is 12.1 Å². The van der Waals surface area contributed by atoms with E-state index in [9.17, 15) is 0 Å². The van der Waals surface area contributed by atoms with Crippen molar-refractivity contribution in [3.8, 4) is 33.4 Å². The number of rotatable bonds is 13. The van der Waals surface area contributed by atoms with E-state index >= 15 is 0 Å². The summed E-state index contributed by atoms with van der Waals surface area (Å²) in [5, 5.41) is 0. The minimum atomic E-state index is 1.12. The van der Waals surface area contributed by atoms with Gasteiger partial charge in [-0.25, -0.2) is 0 Å². The zero-order valence-corrected chi connectivity index (χ0v) is 40.3. The summed E-state index contributed by atoms with van der Waals surface area (Å²) in [5.41, 5.74) is 23.6. The SMILES string of the molecule is Cc1ccc(N(c2ccc(/C=C/c3ccccc3)cc2)c2ccc(-c3ccc(-c4ccc(-c5ccc(N(c6ccc(/C=C/c7ccccc7)cc6)c6ccc(C)cc6C)cc5)cc4)cc3)cc2)c(C)c1. The molecule has 0 aliphatic carbocycles. The molecule has 0 spiro atoms. The molecule has 0 saturated carbocycles. The van der Waals surface area contributed by atoms with Gasteiger partial charge in [0, 0.05) is 34.1 Å². The molecule has 0 amide bonds. The molecule has 70 heavy (non-hydrogen) atoms. The standard InChI is InChI=1S/C68H56N2/c1-49-15-45-67(51(3)47-49)69(63-37-21-55(22-38-63)19-17-53-11-7-5-8-12-53)65-41-33-61(34-42-65)59-29-25-57(26-30-59)58-27-31-60(32-28-58)62-35-43-66(44-36-62)70(68-46-16-50(2)48-52(68)4)64-39-23-56(24-40-64)20-18-54-13-9-6-10-14-54/h5-48H,1-4H3/b19-17+,20-18+. The van der Waals surface area contributed by atoms with Gasteiger partial charge in [0.2, 0.25) is 0 Å². The third kappa shape index (κ3) is 10.4. The Labute approximate surface area is 414 Å². The molecule has 0 N–H and O–H groups in total. The largest absolute Gasteiger partial charge is 0.310 e. The normalized spacial score (nSPS) is 11.3. The Morgan fingerprint density at radius 3 is 0.757 bits per heavy atom. The molecule has 0 fully saturated rings. The van der Waals surface area contributed by atoms with Crippen molar-refractivity contribution in [2.45, 2.75) is 27.7 Å². The van der Waals surface area contributed by atoms with Crippen molar-refractivity contribution in [2.24, 2.45) is 0 Å². The lowest BCUT2D eigenvalue weighted by Crippen LogP contribution is -2.11. The van der Waals surface area contributed by atoms with Crippen LogP contribution in [0, 0.1) is 27.7 Å². The van der Waals surface area contributed by atoms with Gasteiger partial charge >= 0.3 is 0 Å². The summed E-state index contributed by atoms with van der Waals surface area (Å²) < 4.78 is 0. The Hall–Kier alpha value is -8.72. The van der Waals surface area contributed by atoms with Gasteiger partial charge in [0.1, 0.15) is 0 Å². The zero-order valence-electron chi connectivity index (χ0n) is 40.3. The predicted molar refractivity (Wildman–Crippen MR) is 302 cm³/mol. The second-order valence-corrected chi connectivity index (χ2v) is 18.2. The quantitative estimate of drug-likeness (QED) is 0.106. The van der Waals surface area contributed by atoms with Crippen molar-refractivity contribution in [1.82, 2.24) is 0 Å². The molecule has 0 bridgehead atoms. The molecule has 0 radical (unpaired) electrons. The van der Waals surface area contributed by atoms with E-state index in [4.69, 9.17) is 0 Å². The van der Waals surface area contributed by atoms with E-state index in [0.717, 1.165) is 33.9 Å². The first-order valence-electron chi connectivity index (χ1n) is 24.1. The van der Waals surface area contributed by atoms with Crippen LogP contribution >= 0.6 is 0 Å². The Balaban J connectivity index is 0.844. The van der Waals surface area contributed by atoms with E-state index in [1.54, 1.807) is 0 Å². The highest BCUT2D eigenvalue weighted by molar-refractivity contribution is 5.84. The van der Waals surface area contributed by atoms with Gasteiger partial charge in [0.25, 0.3) is 0 Å². The number of anilines is 6. The number of aryl methyl sites for hydroxylation is 4. The van der Waals surface area contributed by atoms with Crippen LogP contribution in [0.4, 0.5) is 34.1 Å². The molecule has 10 aromatic carbocycles. The first kappa shape index (κ1) is 45.1. The molecular weight excluding hydrogens is 845 g/mol. The fourth-order valence-corrected chi connectivity index (χ4v) is 9.27. The van der Waals surface area contributed by atoms with Gasteiger partial charge in [0.15, 0.2) is 0 Å². The van der Waals surface area contributed by atoms with Crippen LogP contribution in [-0.4, -0.2) is 0 Å². The van der Waals surface area contributed by atoms with Gasteiger partial charge in [-0.2, -0.15) is 0 Å². The smallest absolute Gasteiger partial charge is 0.0490 e. The fraction of sp³-hybridized carbons (Fsp3) is 0.0588. The van der Waals surface area contributed by atoms with Crippen LogP contribution in [0.2, 0.25) is 0 Å². The highest BCUT2D eigenvalue weighted by Crippen LogP contribution is 2.40. The number of hydrogen-bond donors (Lipinski definition) is 0. The lowest BCUT2D eigenvalue weighted by atomic mass is 9.97. The van der Waals surface area contributed by atoms with Crippen LogP contribution in [0.25, 0.3) is 57.7 Å². The van der Waals surface area contributed by atoms with Gasteiger partial charge in [-0.15, -0.1) is 0 Å². The molecule has 0 unspecified atom stereocenters. The van der Waals surface area contributed by atoms with Crippen LogP contribution in [-0.2, 0) is 0 Å². The Kier molecular flexibility index (Phi) is 13.3. The number of benzene rings is 10. The third-order valence-corrected chi connectivity index (χ3v) is 13.0. The van der Waals surface area contributed by atoms with E-state index in [1.165, 1.54) is 78.1 Å². The molecule has 0 atom stereocenters. The summed E-state index contributed by atoms with van der Waals surface area (Å²) in [6, 6.07) is 87.6. The molecular formula is C68H56N2. The zero-order chi connectivity index (χ0) is 47.8. The van der Waals surface area contributed by atoms with E-state index in [2.05, 4.69) is 292 Å². The molecule has 0 aliphatic heterocycles. The summed E-state index contributed by atoms with van der Waals surface area (Å²) in [6.07, 6.45) is 8.66. The average Bonchev–Trinajstić information content (AvgIpc) is 3.40. The third-order valence-electron chi connectivity index (χ3n) is 13.0. The van der Waals surface area contributed by atoms with E-state index < -0.39 is 0 Å². The van der Waals surface area contributed by atoms with Crippen LogP contribution in [0.3, 0.4) is 0 Å². The summed E-state index contributed by atoms with van der Waals surface area (Å²) in [4.78, 5) is 4.72. The molecule has 0 aliphatic rings. The molecule has 10 rings (SSSR count). The van der Waals surface area contributed by atoms with Gasteiger partial charge in [-0.3, -0.25) is 0 Å². The molecule has 2 heteroatoms. The first-order chi connectivity index (χ1) is 34.3. The average molecular weight is 901 g/mol. The highest BCUT2D eigenvalue weighted by atomic mass is 15.1. The Morgan fingerprint density at radius 2 is 0.486 bits per heavy atom. The van der Waals surface area contributed by atoms with Gasteiger partial charge in [-0.1, -0.05) is 217 Å². The van der Waals surface area contributed by atoms with Crippen LogP contribution in [0.5, 0.6) is 0 Å². The summed E-state index contributed by atoms with van der Waals surface area (Å²) in [5.74, 6) is 0. The maximum absolute atomic E-state index is 2.36. The van der Waals surface area contributed by atoms with Crippen molar-refractivity contribution >= 4 is 58.4 Å². The van der Waals surface area contributed by atoms with Crippen molar-refractivity contribution < 1.29 is 0 Å². The van der Waals surface area contributed by atoms with Crippen molar-refractivity contribution in [3.63, 3.8) is 0 Å². The second kappa shape index (κ2) is 20.7. The second-order valence-electron chi connectivity index (χ2n) is 18.2. The van der Waals surface area contributed by atoms with Crippen LogP contribution < -0.4 is 9.80 Å². The molecule has 10 aromatic rings. The summed E-state index contributed by atoms with van der Waals surface area (Å²) >= 11 is 0. The molecule has 0 saturated heterocycles. The van der Waals surface area contributed by atoms with Crippen molar-refractivity contribution in [1.29, 1.82) is 0 Å². The van der Waals surface area contributed by atoms with Gasteiger partial charge in [0.05, 0.1) is 0 Å². The first-order valence-corrected chi connectivity index (χ1v) is 24.1. The van der Waals surface area contributed by atoms with Gasteiger partial charge in [-0.05, 0) is 155 Å². The molecule has 338 valence electrons. The van der Waals surface area contributed by atoms with Gasteiger partial charge < -0.3 is 9.80 Å². The minimum Gasteiger partial charge on any atom is -0.310 e. The molecule has 0 aromatic heterocycles. The topological polar surface area (TPSA) is 6.48 Å². The number of nitrogens with zero attached hydrogens (tertiary/aromatic N) is 2. The highest BCUT2D eigenvalue weighted by Gasteiger charge is 2.17. The Bertz CT molecular complexity index is 3150. The van der Waals surface area contributed by atoms with Crippen molar-refractivity contribution in [2.75, 3.05) is 9.80 Å². The van der Waals surface area contributed by atoms with Crippen LogP contribution in [0.15, 0.2) is 243 Å². The van der Waals surface area contributed by atoms with Crippen LogP contribution in [0.1, 0.15) is 44.5 Å². The maximum Gasteiger partial charge on any atom is 0.0490 e. The number of hydrogen-bond acceptors (Lipinski definition) is 2. The lowest BCUT2D eigenvalue weighted by Gasteiger charge is -2.27. The summed E-state index contributed by atoms with van der Waals surface area (Å²) in [7, 11) is 0. The van der Waals surface area contributed by atoms with Crippen molar-refractivity contribution in [3.05, 3.63) is 287 Å². The molecule has 0 heterocycles. The maximum atomic E-state index is 2.36. The predicted octanol–water partition coefficient (Wildman–Crippen LogP) is 19.2. The molecule has 2 nitrogen and oxygen atoms in total. The fourth-order valence-electron chi connectivity index (χ4n) is 9.27. The minimum absolute atomic E-state index is 1.12. The Morgan fingerprint density at radius 1 is 0.243 bits per heavy atom. The summed E-state index contributed by atoms with van der Waals surface area (Å²) in [6.45, 7) is 8.70.